The van der Waals surface area contributed by atoms with Crippen LogP contribution in [0.1, 0.15) is 42.7 Å². The molecule has 1 saturated heterocycles. The van der Waals surface area contributed by atoms with Crippen molar-refractivity contribution in [1.82, 2.24) is 15.3 Å². The van der Waals surface area contributed by atoms with Crippen LogP contribution >= 0.6 is 27.5 Å². The minimum atomic E-state index is -0.275. The number of carbonyl (C=O) groups is 1. The van der Waals surface area contributed by atoms with Gasteiger partial charge in [0.05, 0.1) is 11.2 Å². The Bertz CT molecular complexity index is 789. The number of nitrogens with one attached hydrogen (secondary N) is 1. The van der Waals surface area contributed by atoms with Crippen molar-refractivity contribution in [1.29, 1.82) is 0 Å². The fourth-order valence-electron chi connectivity index (χ4n) is 2.97. The number of hydrogen-bond donors (Lipinski definition) is 1. The highest BCUT2D eigenvalue weighted by molar-refractivity contribution is 9.10. The first-order chi connectivity index (χ1) is 12.4. The van der Waals surface area contributed by atoms with Crippen molar-refractivity contribution < 1.29 is 4.79 Å². The van der Waals surface area contributed by atoms with Crippen molar-refractivity contribution in [2.45, 2.75) is 32.1 Å². The minimum absolute atomic E-state index is 0.215. The summed E-state index contributed by atoms with van der Waals surface area (Å²) in [5.74, 6) is 0.298. The van der Waals surface area contributed by atoms with Crippen LogP contribution in [-0.4, -0.2) is 35.5 Å². The predicted octanol–water partition coefficient (Wildman–Crippen LogP) is 4.20. The van der Waals surface area contributed by atoms with Gasteiger partial charge in [0.15, 0.2) is 5.69 Å². The van der Waals surface area contributed by atoms with E-state index in [0.717, 1.165) is 36.0 Å². The fraction of sp³-hybridized carbons (Fsp3) is 0.421. The Morgan fingerprint density at radius 3 is 2.58 bits per heavy atom. The smallest absolute Gasteiger partial charge is 0.271 e. The molecule has 5 nitrogen and oxygen atoms in total. The molecule has 0 spiro atoms. The molecule has 2 aromatic rings. The van der Waals surface area contributed by atoms with Gasteiger partial charge >= 0.3 is 0 Å². The number of nitrogens with zero attached hydrogens (tertiary/aromatic N) is 3. The number of rotatable bonds is 5. The standard InChI is InChI=1S/C19H22BrClN4O/c1-19(2,13-5-7-14(20)8-6-13)12-23-17(26)16-15(21)11-22-18(24-16)25-9-3-4-10-25/h5-8,11H,3-4,9-10,12H2,1-2H3,(H,23,26). The first-order valence-corrected chi connectivity index (χ1v) is 9.86. The molecule has 7 heteroatoms. The van der Waals surface area contributed by atoms with Gasteiger partial charge in [-0.2, -0.15) is 0 Å². The van der Waals surface area contributed by atoms with Gasteiger partial charge in [0, 0.05) is 29.5 Å². The number of benzene rings is 1. The maximum absolute atomic E-state index is 12.7. The molecular weight excluding hydrogens is 416 g/mol. The Morgan fingerprint density at radius 2 is 1.92 bits per heavy atom. The molecule has 0 bridgehead atoms. The van der Waals surface area contributed by atoms with Crippen molar-refractivity contribution in [3.8, 4) is 0 Å². The summed E-state index contributed by atoms with van der Waals surface area (Å²) in [7, 11) is 0. The Kier molecular flexibility index (Phi) is 5.82. The van der Waals surface area contributed by atoms with E-state index in [1.165, 1.54) is 6.20 Å². The minimum Gasteiger partial charge on any atom is -0.350 e. The number of aromatic nitrogens is 2. The average molecular weight is 438 g/mol. The summed E-state index contributed by atoms with van der Waals surface area (Å²) in [5.41, 5.74) is 1.16. The Labute approximate surface area is 167 Å². The number of carbonyl (C=O) groups excluding carboxylic acids is 1. The van der Waals surface area contributed by atoms with Gasteiger partial charge in [0.2, 0.25) is 5.95 Å². The van der Waals surface area contributed by atoms with Crippen molar-refractivity contribution >= 4 is 39.4 Å². The van der Waals surface area contributed by atoms with E-state index in [2.05, 4.69) is 62.1 Å². The lowest BCUT2D eigenvalue weighted by Gasteiger charge is -2.26. The molecule has 1 fully saturated rings. The largest absolute Gasteiger partial charge is 0.350 e. The zero-order valence-corrected chi connectivity index (χ0v) is 17.3. The molecule has 26 heavy (non-hydrogen) atoms. The summed E-state index contributed by atoms with van der Waals surface area (Å²) in [4.78, 5) is 23.4. The molecule has 1 N–H and O–H groups in total. The highest BCUT2D eigenvalue weighted by Gasteiger charge is 2.24. The van der Waals surface area contributed by atoms with Crippen LogP contribution in [0.15, 0.2) is 34.9 Å². The van der Waals surface area contributed by atoms with Crippen molar-refractivity contribution in [2.24, 2.45) is 0 Å². The number of halogens is 2. The Morgan fingerprint density at radius 1 is 1.27 bits per heavy atom. The molecule has 0 radical (unpaired) electrons. The number of anilines is 1. The molecule has 1 amide bonds. The normalized spacial score (nSPS) is 14.5. The van der Waals surface area contributed by atoms with Crippen molar-refractivity contribution in [2.75, 3.05) is 24.5 Å². The summed E-state index contributed by atoms with van der Waals surface area (Å²) in [6.07, 6.45) is 3.75. The second kappa shape index (κ2) is 7.92. The van der Waals surface area contributed by atoms with Crippen LogP contribution in [0, 0.1) is 0 Å². The third-order valence-corrected chi connectivity index (χ3v) is 5.46. The van der Waals surface area contributed by atoms with E-state index in [4.69, 9.17) is 11.6 Å². The molecule has 0 atom stereocenters. The zero-order chi connectivity index (χ0) is 18.7. The third kappa shape index (κ3) is 4.35. The lowest BCUT2D eigenvalue weighted by atomic mass is 9.84. The molecule has 0 aliphatic carbocycles. The molecule has 1 aromatic heterocycles. The van der Waals surface area contributed by atoms with Gasteiger partial charge < -0.3 is 10.2 Å². The van der Waals surface area contributed by atoms with E-state index < -0.39 is 0 Å². The lowest BCUT2D eigenvalue weighted by Crippen LogP contribution is -2.37. The fourth-order valence-corrected chi connectivity index (χ4v) is 3.42. The van der Waals surface area contributed by atoms with E-state index in [1.54, 1.807) is 0 Å². The highest BCUT2D eigenvalue weighted by atomic mass is 79.9. The quantitative estimate of drug-likeness (QED) is 0.761. The number of amides is 1. The lowest BCUT2D eigenvalue weighted by molar-refractivity contribution is 0.0940. The van der Waals surface area contributed by atoms with Crippen LogP contribution in [0.2, 0.25) is 5.02 Å². The molecule has 138 valence electrons. The molecule has 1 aliphatic rings. The first-order valence-electron chi connectivity index (χ1n) is 8.68. The second-order valence-corrected chi connectivity index (χ2v) is 8.46. The van der Waals surface area contributed by atoms with Gasteiger partial charge in [-0.3, -0.25) is 4.79 Å². The van der Waals surface area contributed by atoms with Crippen LogP contribution in [0.5, 0.6) is 0 Å². The summed E-state index contributed by atoms with van der Waals surface area (Å²) < 4.78 is 1.03. The SMILES string of the molecule is CC(C)(CNC(=O)c1nc(N2CCCC2)ncc1Cl)c1ccc(Br)cc1. The molecule has 0 saturated carbocycles. The second-order valence-electron chi connectivity index (χ2n) is 7.13. The molecule has 1 aliphatic heterocycles. The van der Waals surface area contributed by atoms with Gasteiger partial charge in [-0.25, -0.2) is 9.97 Å². The van der Waals surface area contributed by atoms with Crippen LogP contribution < -0.4 is 10.2 Å². The van der Waals surface area contributed by atoms with E-state index in [-0.39, 0.29) is 22.0 Å². The molecule has 0 unspecified atom stereocenters. The van der Waals surface area contributed by atoms with Crippen molar-refractivity contribution in [3.05, 3.63) is 51.2 Å². The Balaban J connectivity index is 1.71. The van der Waals surface area contributed by atoms with E-state index in [1.807, 2.05) is 12.1 Å². The topological polar surface area (TPSA) is 58.1 Å². The van der Waals surface area contributed by atoms with Crippen molar-refractivity contribution in [3.63, 3.8) is 0 Å². The zero-order valence-electron chi connectivity index (χ0n) is 14.9. The van der Waals surface area contributed by atoms with E-state index in [0.29, 0.717) is 12.5 Å². The summed E-state index contributed by atoms with van der Waals surface area (Å²) in [6.45, 7) is 6.49. The van der Waals surface area contributed by atoms with Gasteiger partial charge in [-0.05, 0) is 30.5 Å². The monoisotopic (exact) mass is 436 g/mol. The third-order valence-electron chi connectivity index (χ3n) is 4.65. The summed E-state index contributed by atoms with van der Waals surface area (Å²) in [5, 5.41) is 3.24. The molecular formula is C19H22BrClN4O. The maximum Gasteiger partial charge on any atom is 0.271 e. The van der Waals surface area contributed by atoms with Crippen LogP contribution in [0.25, 0.3) is 0 Å². The molecule has 2 heterocycles. The van der Waals surface area contributed by atoms with Crippen LogP contribution in [-0.2, 0) is 5.41 Å². The van der Waals surface area contributed by atoms with Gasteiger partial charge in [0.25, 0.3) is 5.91 Å². The average Bonchev–Trinajstić information content (AvgIpc) is 3.15. The van der Waals surface area contributed by atoms with E-state index in [9.17, 15) is 4.79 Å². The van der Waals surface area contributed by atoms with Gasteiger partial charge in [0.1, 0.15) is 0 Å². The van der Waals surface area contributed by atoms with Gasteiger partial charge in [-0.15, -0.1) is 0 Å². The number of hydrogen-bond acceptors (Lipinski definition) is 4. The van der Waals surface area contributed by atoms with Gasteiger partial charge in [-0.1, -0.05) is 53.5 Å². The van der Waals surface area contributed by atoms with Crippen LogP contribution in [0.4, 0.5) is 5.95 Å². The summed E-state index contributed by atoms with van der Waals surface area (Å²) >= 11 is 9.62. The maximum atomic E-state index is 12.7. The highest BCUT2D eigenvalue weighted by Crippen LogP contribution is 2.25. The summed E-state index contributed by atoms with van der Waals surface area (Å²) in [6, 6.07) is 8.11. The van der Waals surface area contributed by atoms with E-state index >= 15 is 0 Å². The first kappa shape index (κ1) is 19.1. The predicted molar refractivity (Wildman–Crippen MR) is 108 cm³/mol. The molecule has 3 rings (SSSR count). The molecule has 1 aromatic carbocycles. The Hall–Kier alpha value is -1.66. The van der Waals surface area contributed by atoms with Crippen LogP contribution in [0.3, 0.4) is 0 Å².